The highest BCUT2D eigenvalue weighted by Crippen LogP contribution is 2.34. The number of nitrogens with two attached hydrogens (primary N) is 1. The molecule has 2 bridgehead atoms. The molecule has 2 unspecified atom stereocenters. The second-order valence-corrected chi connectivity index (χ2v) is 7.77. The number of carbonyl (C=O) groups excluding carboxylic acids is 1. The Morgan fingerprint density at radius 3 is 2.52 bits per heavy atom. The number of esters is 1. The summed E-state index contributed by atoms with van der Waals surface area (Å²) in [6.07, 6.45) is 10.4. The van der Waals surface area contributed by atoms with E-state index in [9.17, 15) is 4.79 Å². The smallest absolute Gasteiger partial charge is 0.341 e. The molecular formula is C20H27N7O2. The van der Waals surface area contributed by atoms with Crippen molar-refractivity contribution in [2.24, 2.45) is 0 Å². The molecule has 0 radical (unpaired) electrons. The van der Waals surface area contributed by atoms with Crippen molar-refractivity contribution < 1.29 is 9.53 Å². The van der Waals surface area contributed by atoms with Gasteiger partial charge in [0.2, 0.25) is 0 Å². The minimum Gasteiger partial charge on any atom is -0.465 e. The average molecular weight is 397 g/mol. The molecule has 2 saturated heterocycles. The highest BCUT2D eigenvalue weighted by molar-refractivity contribution is 5.96. The van der Waals surface area contributed by atoms with Crippen LogP contribution in [0.3, 0.4) is 0 Å². The van der Waals surface area contributed by atoms with E-state index < -0.39 is 5.97 Å². The van der Waals surface area contributed by atoms with E-state index in [1.54, 1.807) is 0 Å². The third-order valence-electron chi connectivity index (χ3n) is 5.94. The zero-order valence-corrected chi connectivity index (χ0v) is 16.8. The summed E-state index contributed by atoms with van der Waals surface area (Å²) >= 11 is 0. The summed E-state index contributed by atoms with van der Waals surface area (Å²) in [5, 5.41) is 6.68. The molecule has 2 atom stereocenters. The second-order valence-electron chi connectivity index (χ2n) is 7.77. The summed E-state index contributed by atoms with van der Waals surface area (Å²) in [6.45, 7) is 0. The van der Waals surface area contributed by atoms with Crippen LogP contribution in [0.15, 0.2) is 24.7 Å². The second kappa shape index (κ2) is 8.20. The van der Waals surface area contributed by atoms with Crippen LogP contribution in [0, 0.1) is 0 Å². The molecule has 0 saturated carbocycles. The molecule has 0 aromatic carbocycles. The van der Waals surface area contributed by atoms with Crippen molar-refractivity contribution in [2.45, 2.75) is 50.2 Å². The van der Waals surface area contributed by atoms with Gasteiger partial charge in [-0.15, -0.1) is 0 Å². The summed E-state index contributed by atoms with van der Waals surface area (Å²) < 4.78 is 4.95. The van der Waals surface area contributed by atoms with Crippen molar-refractivity contribution in [3.8, 4) is 0 Å². The number of hydrogen-bond acceptors (Lipinski definition) is 9. The molecule has 9 heteroatoms. The van der Waals surface area contributed by atoms with Crippen LogP contribution in [0.25, 0.3) is 0 Å². The standard InChI is InChI=1S/C20H27N7O2/c1-27-13-4-3-5-14(27)7-12(6-13)25-16-8-18(23-9-15(16)20(28)29-2)26-19-11-22-17(21)10-24-19/h8-14H,3-7H2,1-2H3,(H2,21,22)(H2,23,24,25,26). The predicted molar refractivity (Wildman–Crippen MR) is 111 cm³/mol. The van der Waals surface area contributed by atoms with E-state index in [0.717, 1.165) is 12.8 Å². The summed E-state index contributed by atoms with van der Waals surface area (Å²) in [4.78, 5) is 27.3. The maximum atomic E-state index is 12.3. The Labute approximate surface area is 170 Å². The Balaban J connectivity index is 1.56. The zero-order chi connectivity index (χ0) is 20.4. The number of pyridine rings is 1. The third-order valence-corrected chi connectivity index (χ3v) is 5.94. The fourth-order valence-corrected chi connectivity index (χ4v) is 4.40. The van der Waals surface area contributed by atoms with Crippen molar-refractivity contribution >= 4 is 29.1 Å². The first-order valence-electron chi connectivity index (χ1n) is 9.95. The number of nitrogens with zero attached hydrogens (tertiary/aromatic N) is 4. The molecule has 2 aliphatic heterocycles. The first-order chi connectivity index (χ1) is 14.0. The molecule has 2 fully saturated rings. The SMILES string of the molecule is COC(=O)c1cnc(Nc2cnc(N)cn2)cc1NC1CC2CCCC(C1)N2C. The van der Waals surface area contributed by atoms with E-state index in [2.05, 4.69) is 37.5 Å². The molecule has 154 valence electrons. The molecule has 2 aromatic rings. The van der Waals surface area contributed by atoms with E-state index in [1.165, 1.54) is 45.0 Å². The number of fused-ring (bicyclic) bond motifs is 2. The maximum absolute atomic E-state index is 12.3. The van der Waals surface area contributed by atoms with Crippen LogP contribution < -0.4 is 16.4 Å². The molecular weight excluding hydrogens is 370 g/mol. The van der Waals surface area contributed by atoms with E-state index in [0.29, 0.717) is 46.8 Å². The van der Waals surface area contributed by atoms with Crippen molar-refractivity contribution in [1.29, 1.82) is 0 Å². The summed E-state index contributed by atoms with van der Waals surface area (Å²) in [6, 6.07) is 3.30. The minimum atomic E-state index is -0.410. The topological polar surface area (TPSA) is 118 Å². The van der Waals surface area contributed by atoms with Crippen LogP contribution in [0.1, 0.15) is 42.5 Å². The van der Waals surface area contributed by atoms with Gasteiger partial charge in [-0.2, -0.15) is 0 Å². The summed E-state index contributed by atoms with van der Waals surface area (Å²) in [7, 11) is 3.61. The van der Waals surface area contributed by atoms with Crippen molar-refractivity contribution in [1.82, 2.24) is 19.9 Å². The molecule has 4 rings (SSSR count). The quantitative estimate of drug-likeness (QED) is 0.654. The van der Waals surface area contributed by atoms with Gasteiger partial charge in [0, 0.05) is 30.4 Å². The normalized spacial score (nSPS) is 24.0. The molecule has 4 heterocycles. The first-order valence-corrected chi connectivity index (χ1v) is 9.95. The number of piperidine rings is 2. The molecule has 0 aliphatic carbocycles. The van der Waals surface area contributed by atoms with E-state index in [-0.39, 0.29) is 0 Å². The fourth-order valence-electron chi connectivity index (χ4n) is 4.40. The molecule has 9 nitrogen and oxygen atoms in total. The summed E-state index contributed by atoms with van der Waals surface area (Å²) in [5.74, 6) is 1.02. The monoisotopic (exact) mass is 397 g/mol. The fraction of sp³-hybridized carbons (Fsp3) is 0.500. The van der Waals surface area contributed by atoms with Gasteiger partial charge in [-0.3, -0.25) is 0 Å². The highest BCUT2D eigenvalue weighted by atomic mass is 16.5. The lowest BCUT2D eigenvalue weighted by Gasteiger charge is -2.47. The highest BCUT2D eigenvalue weighted by Gasteiger charge is 2.36. The van der Waals surface area contributed by atoms with Gasteiger partial charge in [-0.25, -0.2) is 19.7 Å². The summed E-state index contributed by atoms with van der Waals surface area (Å²) in [5.41, 5.74) is 6.72. The van der Waals surface area contributed by atoms with Gasteiger partial charge >= 0.3 is 5.97 Å². The number of methoxy groups -OCH3 is 1. The van der Waals surface area contributed by atoms with Gasteiger partial charge in [0.05, 0.1) is 25.2 Å². The van der Waals surface area contributed by atoms with Gasteiger partial charge < -0.3 is 26.0 Å². The van der Waals surface area contributed by atoms with Crippen LogP contribution in [-0.2, 0) is 4.74 Å². The van der Waals surface area contributed by atoms with Crippen molar-refractivity contribution in [3.05, 3.63) is 30.2 Å². The lowest BCUT2D eigenvalue weighted by Crippen LogP contribution is -2.52. The van der Waals surface area contributed by atoms with Crippen LogP contribution in [0.5, 0.6) is 0 Å². The predicted octanol–water partition coefficient (Wildman–Crippen LogP) is 2.41. The molecule has 2 aliphatic rings. The molecule has 0 amide bonds. The van der Waals surface area contributed by atoms with Gasteiger partial charge in [0.1, 0.15) is 23.0 Å². The van der Waals surface area contributed by atoms with Crippen molar-refractivity contribution in [3.63, 3.8) is 0 Å². The van der Waals surface area contributed by atoms with Gasteiger partial charge in [-0.05, 0) is 32.7 Å². The number of aromatic nitrogens is 3. The van der Waals surface area contributed by atoms with E-state index in [1.807, 2.05) is 6.07 Å². The lowest BCUT2D eigenvalue weighted by atomic mass is 9.82. The number of rotatable bonds is 5. The van der Waals surface area contributed by atoms with Crippen LogP contribution in [-0.4, -0.2) is 58.1 Å². The number of ether oxygens (including phenoxy) is 1. The molecule has 4 N–H and O–H groups in total. The van der Waals surface area contributed by atoms with Gasteiger partial charge in [0.15, 0.2) is 0 Å². The number of carbonyl (C=O) groups is 1. The van der Waals surface area contributed by atoms with Gasteiger partial charge in [0.25, 0.3) is 0 Å². The molecule has 0 spiro atoms. The van der Waals surface area contributed by atoms with Crippen LogP contribution in [0.4, 0.5) is 23.1 Å². The lowest BCUT2D eigenvalue weighted by molar-refractivity contribution is 0.0594. The third kappa shape index (κ3) is 4.24. The Kier molecular flexibility index (Phi) is 5.48. The zero-order valence-electron chi connectivity index (χ0n) is 16.8. The van der Waals surface area contributed by atoms with E-state index >= 15 is 0 Å². The Bertz CT molecular complexity index is 860. The molecule has 29 heavy (non-hydrogen) atoms. The van der Waals surface area contributed by atoms with E-state index in [4.69, 9.17) is 10.5 Å². The largest absolute Gasteiger partial charge is 0.465 e. The van der Waals surface area contributed by atoms with Crippen LogP contribution >= 0.6 is 0 Å². The maximum Gasteiger partial charge on any atom is 0.341 e. The Morgan fingerprint density at radius 2 is 1.86 bits per heavy atom. The minimum absolute atomic E-state index is 0.302. The average Bonchev–Trinajstić information content (AvgIpc) is 2.70. The number of nitrogen functional groups attached to an aromatic ring is 1. The van der Waals surface area contributed by atoms with Crippen LogP contribution in [0.2, 0.25) is 0 Å². The van der Waals surface area contributed by atoms with Crippen molar-refractivity contribution in [2.75, 3.05) is 30.5 Å². The van der Waals surface area contributed by atoms with Gasteiger partial charge in [-0.1, -0.05) is 6.42 Å². The Hall–Kier alpha value is -2.94. The first kappa shape index (κ1) is 19.4. The number of hydrogen-bond donors (Lipinski definition) is 3. The Morgan fingerprint density at radius 1 is 1.14 bits per heavy atom. The molecule has 2 aromatic heterocycles. The number of anilines is 4. The number of nitrogens with one attached hydrogen (secondary N) is 2.